The fraction of sp³-hybridized carbons (Fsp3) is 0.258. The van der Waals surface area contributed by atoms with Crippen LogP contribution in [0.3, 0.4) is 0 Å². The van der Waals surface area contributed by atoms with Crippen LogP contribution in [0, 0.1) is 11.6 Å². The third kappa shape index (κ3) is 6.31. The van der Waals surface area contributed by atoms with E-state index in [-0.39, 0.29) is 23.9 Å². The Morgan fingerprint density at radius 2 is 1.78 bits per heavy atom. The molecule has 0 radical (unpaired) electrons. The van der Waals surface area contributed by atoms with Crippen molar-refractivity contribution >= 4 is 51.3 Å². The number of nitrogens with one attached hydrogen (secondary N) is 2. The lowest BCUT2D eigenvalue weighted by atomic mass is 10.1. The first-order valence-electron chi connectivity index (χ1n) is 14.3. The monoisotopic (exact) mass is 650 g/mol. The predicted molar refractivity (Wildman–Crippen MR) is 170 cm³/mol. The van der Waals surface area contributed by atoms with Crippen LogP contribution in [0.15, 0.2) is 61.4 Å². The number of methoxy groups -OCH3 is 1. The van der Waals surface area contributed by atoms with Gasteiger partial charge in [0.1, 0.15) is 28.4 Å². The first-order chi connectivity index (χ1) is 22.2. The van der Waals surface area contributed by atoms with E-state index >= 15 is 0 Å². The molecular formula is C31H29F3N8O3S. The topological polar surface area (TPSA) is 116 Å². The quantitative estimate of drug-likeness (QED) is 0.245. The van der Waals surface area contributed by atoms with Gasteiger partial charge in [-0.2, -0.15) is 0 Å². The van der Waals surface area contributed by atoms with E-state index in [9.17, 15) is 22.8 Å². The Bertz CT molecular complexity index is 1770. The number of halogens is 3. The molecule has 3 aromatic heterocycles. The van der Waals surface area contributed by atoms with Gasteiger partial charge < -0.3 is 30.1 Å². The number of carbonyl (C=O) groups excluding carboxylic acids is 2. The second-order valence-corrected chi connectivity index (χ2v) is 11.6. The van der Waals surface area contributed by atoms with E-state index in [1.54, 1.807) is 23.2 Å². The number of rotatable bonds is 9. The molecule has 0 atom stereocenters. The van der Waals surface area contributed by atoms with Crippen LogP contribution in [0.5, 0.6) is 5.75 Å². The number of anilines is 5. The number of alkyl halides is 1. The molecule has 5 heterocycles. The second kappa shape index (κ2) is 13.0. The molecule has 15 heteroatoms. The maximum absolute atomic E-state index is 14.0. The largest absolute Gasteiger partial charge is 0.493 e. The van der Waals surface area contributed by atoms with E-state index in [4.69, 9.17) is 14.7 Å². The Labute approximate surface area is 266 Å². The Balaban J connectivity index is 1.23. The molecule has 4 aromatic rings. The molecule has 0 bridgehead atoms. The van der Waals surface area contributed by atoms with Crippen LogP contribution in [-0.2, 0) is 4.79 Å². The molecule has 0 unspecified atom stereocenters. The van der Waals surface area contributed by atoms with Crippen LogP contribution < -0.4 is 25.2 Å². The van der Waals surface area contributed by atoms with Gasteiger partial charge in [-0.25, -0.2) is 28.1 Å². The number of aromatic nitrogens is 3. The molecular weight excluding hydrogens is 621 g/mol. The highest BCUT2D eigenvalue weighted by Crippen LogP contribution is 2.37. The predicted octanol–water partition coefficient (Wildman–Crippen LogP) is 4.88. The minimum atomic E-state index is -0.926. The zero-order chi connectivity index (χ0) is 32.4. The Morgan fingerprint density at radius 3 is 2.46 bits per heavy atom. The number of carbonyl (C=O) groups is 2. The van der Waals surface area contributed by atoms with Crippen molar-refractivity contribution in [2.24, 2.45) is 0 Å². The van der Waals surface area contributed by atoms with Crippen LogP contribution in [-0.4, -0.2) is 84.2 Å². The fourth-order valence-corrected chi connectivity index (χ4v) is 5.85. The summed E-state index contributed by atoms with van der Waals surface area (Å²) in [4.78, 5) is 44.3. The molecule has 2 aliphatic rings. The summed E-state index contributed by atoms with van der Waals surface area (Å²) in [5.74, 6) is -1.21. The summed E-state index contributed by atoms with van der Waals surface area (Å²) in [6.45, 7) is 6.25. The third-order valence-electron chi connectivity index (χ3n) is 7.62. The molecule has 2 saturated heterocycles. The Kier molecular flexibility index (Phi) is 8.74. The molecule has 0 spiro atoms. The molecule has 0 saturated carbocycles. The van der Waals surface area contributed by atoms with E-state index in [1.165, 1.54) is 25.4 Å². The summed E-state index contributed by atoms with van der Waals surface area (Å²) in [5, 5.41) is 5.59. The lowest BCUT2D eigenvalue weighted by Gasteiger charge is -2.41. The van der Waals surface area contributed by atoms with Gasteiger partial charge in [0.2, 0.25) is 5.91 Å². The van der Waals surface area contributed by atoms with Crippen LogP contribution in [0.4, 0.5) is 41.3 Å². The summed E-state index contributed by atoms with van der Waals surface area (Å²) in [6, 6.07) is 8.70. The number of hydrogen-bond donors (Lipinski definition) is 2. The van der Waals surface area contributed by atoms with E-state index in [0.29, 0.717) is 60.0 Å². The average molecular weight is 651 g/mol. The average Bonchev–Trinajstić information content (AvgIpc) is 3.53. The molecule has 2 fully saturated rings. The second-order valence-electron chi connectivity index (χ2n) is 10.5. The van der Waals surface area contributed by atoms with Crippen LogP contribution >= 0.6 is 11.3 Å². The number of nitrogens with zero attached hydrogens (tertiary/aromatic N) is 6. The number of benzene rings is 1. The van der Waals surface area contributed by atoms with E-state index in [2.05, 4.69) is 27.1 Å². The number of amides is 2. The van der Waals surface area contributed by atoms with Gasteiger partial charge in [-0.15, -0.1) is 0 Å². The fourth-order valence-electron chi connectivity index (χ4n) is 5.14. The van der Waals surface area contributed by atoms with Gasteiger partial charge in [-0.05, 0) is 36.4 Å². The third-order valence-corrected chi connectivity index (χ3v) is 8.53. The number of thiazole rings is 1. The zero-order valence-corrected chi connectivity index (χ0v) is 25.5. The molecule has 6 rings (SSSR count). The first-order valence-corrected chi connectivity index (χ1v) is 15.1. The van der Waals surface area contributed by atoms with Gasteiger partial charge in [0.15, 0.2) is 22.5 Å². The SMILES string of the molecule is C=CC(=O)N1CCN(c2ncc(-c3ccc(OC)c(Nc4ncc(C(=O)Nc5c(F)cccc5F)s4)n3)cc2N2CC(F)C2)CC1. The lowest BCUT2D eigenvalue weighted by Crippen LogP contribution is -2.51. The summed E-state index contributed by atoms with van der Waals surface area (Å²) in [6.07, 6.45) is 3.36. The summed E-state index contributed by atoms with van der Waals surface area (Å²) >= 11 is 0.961. The van der Waals surface area contributed by atoms with E-state index < -0.39 is 29.4 Å². The van der Waals surface area contributed by atoms with Crippen molar-refractivity contribution < 1.29 is 27.5 Å². The van der Waals surface area contributed by atoms with Gasteiger partial charge >= 0.3 is 0 Å². The maximum Gasteiger partial charge on any atom is 0.267 e. The van der Waals surface area contributed by atoms with Crippen molar-refractivity contribution in [1.29, 1.82) is 0 Å². The Morgan fingerprint density at radius 1 is 1.04 bits per heavy atom. The van der Waals surface area contributed by atoms with Crippen molar-refractivity contribution in [2.75, 3.05) is 66.8 Å². The summed E-state index contributed by atoms with van der Waals surface area (Å²) < 4.78 is 47.5. The standard InChI is InChI=1S/C31H29F3N8O3S/c1-3-26(43)40-9-11-41(12-10-40)29-23(42-16-19(32)17-42)13-18(14-35-29)22-7-8-24(45-2)28(37-22)39-31-36-15-25(46-31)30(44)38-27-20(33)5-4-6-21(27)34/h3-8,13-15,19H,1,9-12,16-17H2,2H3,(H,38,44)(H,36,37,39). The molecule has 0 aliphatic carbocycles. The van der Waals surface area contributed by atoms with Gasteiger partial charge in [0.25, 0.3) is 5.91 Å². The molecule has 11 nitrogen and oxygen atoms in total. The lowest BCUT2D eigenvalue weighted by molar-refractivity contribution is -0.126. The van der Waals surface area contributed by atoms with Crippen molar-refractivity contribution in [1.82, 2.24) is 19.9 Å². The summed E-state index contributed by atoms with van der Waals surface area (Å²) in [5.41, 5.74) is 1.45. The molecule has 2 N–H and O–H groups in total. The zero-order valence-electron chi connectivity index (χ0n) is 24.7. The van der Waals surface area contributed by atoms with Crippen molar-refractivity contribution in [3.05, 3.63) is 78.0 Å². The number of para-hydroxylation sites is 1. The number of ether oxygens (including phenoxy) is 1. The first kappa shape index (κ1) is 30.8. The van der Waals surface area contributed by atoms with Crippen molar-refractivity contribution in [3.8, 4) is 17.0 Å². The highest BCUT2D eigenvalue weighted by molar-refractivity contribution is 7.17. The van der Waals surface area contributed by atoms with E-state index in [0.717, 1.165) is 29.2 Å². The molecule has 1 aromatic carbocycles. The van der Waals surface area contributed by atoms with Gasteiger partial charge in [-0.1, -0.05) is 24.0 Å². The van der Waals surface area contributed by atoms with Gasteiger partial charge in [-0.3, -0.25) is 9.59 Å². The van der Waals surface area contributed by atoms with Crippen LogP contribution in [0.1, 0.15) is 9.67 Å². The normalized spacial score (nSPS) is 14.9. The molecule has 2 aliphatic heterocycles. The number of hydrogen-bond acceptors (Lipinski definition) is 10. The van der Waals surface area contributed by atoms with Gasteiger partial charge in [0.05, 0.1) is 37.8 Å². The van der Waals surface area contributed by atoms with Crippen LogP contribution in [0.25, 0.3) is 11.3 Å². The highest BCUT2D eigenvalue weighted by Gasteiger charge is 2.31. The van der Waals surface area contributed by atoms with Crippen LogP contribution in [0.2, 0.25) is 0 Å². The molecule has 2 amide bonds. The highest BCUT2D eigenvalue weighted by atomic mass is 32.1. The van der Waals surface area contributed by atoms with Gasteiger partial charge in [0, 0.05) is 37.9 Å². The Hall–Kier alpha value is -5.18. The smallest absolute Gasteiger partial charge is 0.267 e. The van der Waals surface area contributed by atoms with Crippen molar-refractivity contribution in [2.45, 2.75) is 6.17 Å². The minimum absolute atomic E-state index is 0.111. The van der Waals surface area contributed by atoms with E-state index in [1.807, 2.05) is 11.0 Å². The summed E-state index contributed by atoms with van der Waals surface area (Å²) in [7, 11) is 1.49. The van der Waals surface area contributed by atoms with Crippen molar-refractivity contribution in [3.63, 3.8) is 0 Å². The molecule has 238 valence electrons. The minimum Gasteiger partial charge on any atom is -0.493 e. The maximum atomic E-state index is 14.0. The number of pyridine rings is 2. The molecule has 46 heavy (non-hydrogen) atoms. The number of piperazine rings is 1.